The largest absolute Gasteiger partial charge is 0.394 e. The molecule has 1 aromatic heterocycles. The number of carbonyl (C=O) groups excluding carboxylic acids is 1. The number of hydrogen-bond donors (Lipinski definition) is 2. The third kappa shape index (κ3) is 2.59. The first kappa shape index (κ1) is 16.9. The molecule has 2 atom stereocenters. The summed E-state index contributed by atoms with van der Waals surface area (Å²) in [6, 6.07) is 7.45. The zero-order chi connectivity index (χ0) is 17.4. The van der Waals surface area contributed by atoms with Gasteiger partial charge in [0.15, 0.2) is 5.58 Å². The molecule has 3 rings (SSSR count). The van der Waals surface area contributed by atoms with E-state index in [1.807, 2.05) is 45.0 Å². The Kier molecular flexibility index (Phi) is 4.36. The van der Waals surface area contributed by atoms with Gasteiger partial charge in [0.2, 0.25) is 5.91 Å². The van der Waals surface area contributed by atoms with Crippen LogP contribution in [0.1, 0.15) is 32.9 Å². The molecule has 1 saturated carbocycles. The molecule has 1 fully saturated rings. The molecule has 0 spiro atoms. The Bertz CT molecular complexity index is 739. The van der Waals surface area contributed by atoms with Crippen LogP contribution in [0.5, 0.6) is 0 Å². The van der Waals surface area contributed by atoms with Gasteiger partial charge in [-0.3, -0.25) is 4.79 Å². The number of aliphatic hydroxyl groups excluding tert-OH is 1. The van der Waals surface area contributed by atoms with Crippen molar-refractivity contribution < 1.29 is 19.2 Å². The minimum atomic E-state index is -0.663. The normalized spacial score (nSPS) is 25.4. The van der Waals surface area contributed by atoms with Crippen LogP contribution < -0.4 is 5.32 Å². The predicted octanol–water partition coefficient (Wildman–Crippen LogP) is 2.05. The molecule has 1 aliphatic carbocycles. The smallest absolute Gasteiger partial charge is 0.226 e. The second-order valence-corrected chi connectivity index (χ2v) is 6.96. The lowest BCUT2D eigenvalue weighted by atomic mass is 9.54. The number of carbonyl (C=O) groups is 1. The molecule has 1 aliphatic rings. The van der Waals surface area contributed by atoms with E-state index in [1.165, 1.54) is 0 Å². The Morgan fingerprint density at radius 1 is 1.46 bits per heavy atom. The molecule has 0 unspecified atom stereocenters. The highest BCUT2D eigenvalue weighted by Crippen LogP contribution is 2.51. The van der Waals surface area contributed by atoms with E-state index in [2.05, 4.69) is 10.5 Å². The first-order chi connectivity index (χ1) is 11.4. The number of aromatic nitrogens is 1. The molecule has 0 saturated heterocycles. The van der Waals surface area contributed by atoms with E-state index in [9.17, 15) is 9.90 Å². The van der Waals surface area contributed by atoms with Crippen LogP contribution in [0.3, 0.4) is 0 Å². The van der Waals surface area contributed by atoms with E-state index in [-0.39, 0.29) is 30.5 Å². The summed E-state index contributed by atoms with van der Waals surface area (Å²) in [6.07, 6.45) is 0.756. The molecular formula is C18H24N2O4. The molecule has 130 valence electrons. The minimum absolute atomic E-state index is 0.0304. The van der Waals surface area contributed by atoms with Crippen molar-refractivity contribution >= 4 is 16.9 Å². The van der Waals surface area contributed by atoms with Gasteiger partial charge in [0.05, 0.1) is 24.7 Å². The van der Waals surface area contributed by atoms with Crippen LogP contribution >= 0.6 is 0 Å². The molecule has 1 heterocycles. The third-order valence-electron chi connectivity index (χ3n) is 5.37. The SMILES string of the molecule is CCO[C@H]1C[C@@](CO)(NC(=O)Cc2noc3ccccc23)C1(C)C. The number of aliphatic hydroxyl groups is 1. The van der Waals surface area contributed by atoms with Gasteiger partial charge in [-0.1, -0.05) is 31.1 Å². The highest BCUT2D eigenvalue weighted by Gasteiger charge is 2.61. The Morgan fingerprint density at radius 3 is 2.88 bits per heavy atom. The number of fused-ring (bicyclic) bond motifs is 1. The van der Waals surface area contributed by atoms with Crippen molar-refractivity contribution in [3.8, 4) is 0 Å². The van der Waals surface area contributed by atoms with E-state index in [0.717, 1.165) is 5.39 Å². The van der Waals surface area contributed by atoms with Crippen molar-refractivity contribution in [1.82, 2.24) is 10.5 Å². The zero-order valence-corrected chi connectivity index (χ0v) is 14.3. The summed E-state index contributed by atoms with van der Waals surface area (Å²) in [5, 5.41) is 17.7. The lowest BCUT2D eigenvalue weighted by molar-refractivity contribution is -0.180. The van der Waals surface area contributed by atoms with Crippen molar-refractivity contribution in [3.05, 3.63) is 30.0 Å². The lowest BCUT2D eigenvalue weighted by Gasteiger charge is -2.60. The summed E-state index contributed by atoms with van der Waals surface area (Å²) >= 11 is 0. The first-order valence-corrected chi connectivity index (χ1v) is 8.30. The third-order valence-corrected chi connectivity index (χ3v) is 5.37. The highest BCUT2D eigenvalue weighted by molar-refractivity contribution is 5.86. The van der Waals surface area contributed by atoms with E-state index in [0.29, 0.717) is 24.3 Å². The first-order valence-electron chi connectivity index (χ1n) is 8.30. The van der Waals surface area contributed by atoms with Crippen LogP contribution in [0.25, 0.3) is 11.0 Å². The molecule has 0 aliphatic heterocycles. The fourth-order valence-corrected chi connectivity index (χ4v) is 3.53. The van der Waals surface area contributed by atoms with Gasteiger partial charge in [-0.25, -0.2) is 0 Å². The van der Waals surface area contributed by atoms with Gasteiger partial charge in [0, 0.05) is 23.8 Å². The van der Waals surface area contributed by atoms with Gasteiger partial charge < -0.3 is 19.7 Å². The van der Waals surface area contributed by atoms with Crippen molar-refractivity contribution in [2.45, 2.75) is 45.3 Å². The highest BCUT2D eigenvalue weighted by atomic mass is 16.5. The Morgan fingerprint density at radius 2 is 2.21 bits per heavy atom. The Hall–Kier alpha value is -1.92. The second-order valence-electron chi connectivity index (χ2n) is 6.96. The van der Waals surface area contributed by atoms with Crippen molar-refractivity contribution in [3.63, 3.8) is 0 Å². The number of rotatable bonds is 6. The van der Waals surface area contributed by atoms with Gasteiger partial charge >= 0.3 is 0 Å². The number of para-hydroxylation sites is 1. The maximum Gasteiger partial charge on any atom is 0.226 e. The predicted molar refractivity (Wildman–Crippen MR) is 89.5 cm³/mol. The van der Waals surface area contributed by atoms with Gasteiger partial charge in [0.1, 0.15) is 5.69 Å². The lowest BCUT2D eigenvalue weighted by Crippen LogP contribution is -2.74. The summed E-state index contributed by atoms with van der Waals surface area (Å²) < 4.78 is 10.9. The zero-order valence-electron chi connectivity index (χ0n) is 14.3. The topological polar surface area (TPSA) is 84.6 Å². The van der Waals surface area contributed by atoms with Crippen LogP contribution in [0, 0.1) is 5.41 Å². The summed E-state index contributed by atoms with van der Waals surface area (Å²) in [4.78, 5) is 12.5. The van der Waals surface area contributed by atoms with Crippen LogP contribution in [-0.4, -0.2) is 41.0 Å². The number of hydrogen-bond acceptors (Lipinski definition) is 5. The van der Waals surface area contributed by atoms with Crippen molar-refractivity contribution in [1.29, 1.82) is 0 Å². The Labute approximate surface area is 141 Å². The molecule has 6 heteroatoms. The van der Waals surface area contributed by atoms with Crippen molar-refractivity contribution in [2.24, 2.45) is 5.41 Å². The maximum absolute atomic E-state index is 12.5. The van der Waals surface area contributed by atoms with E-state index >= 15 is 0 Å². The van der Waals surface area contributed by atoms with E-state index < -0.39 is 5.54 Å². The quantitative estimate of drug-likeness (QED) is 0.846. The average molecular weight is 332 g/mol. The fraction of sp³-hybridized carbons (Fsp3) is 0.556. The standard InChI is InChI=1S/C18H24N2O4/c1-4-23-15-10-18(11-21,17(15,2)3)19-16(22)9-13-12-7-5-6-8-14(12)24-20-13/h5-8,15,21H,4,9-11H2,1-3H3,(H,19,22)/t15-,18-/m0/s1. The fourth-order valence-electron chi connectivity index (χ4n) is 3.53. The van der Waals surface area contributed by atoms with E-state index in [1.54, 1.807) is 0 Å². The summed E-state index contributed by atoms with van der Waals surface area (Å²) in [5.74, 6) is -0.175. The van der Waals surface area contributed by atoms with Crippen LogP contribution in [0.2, 0.25) is 0 Å². The molecule has 24 heavy (non-hydrogen) atoms. The summed E-state index contributed by atoms with van der Waals surface area (Å²) in [5.41, 5.74) is 0.273. The van der Waals surface area contributed by atoms with Gasteiger partial charge in [-0.05, 0) is 19.1 Å². The molecule has 1 amide bonds. The number of nitrogens with one attached hydrogen (secondary N) is 1. The minimum Gasteiger partial charge on any atom is -0.394 e. The average Bonchev–Trinajstić information content (AvgIpc) is 2.96. The van der Waals surface area contributed by atoms with E-state index in [4.69, 9.17) is 9.26 Å². The van der Waals surface area contributed by atoms with Gasteiger partial charge in [-0.15, -0.1) is 0 Å². The molecule has 2 N–H and O–H groups in total. The molecule has 0 radical (unpaired) electrons. The number of ether oxygens (including phenoxy) is 1. The molecule has 6 nitrogen and oxygen atoms in total. The molecule has 1 aromatic carbocycles. The second kappa shape index (κ2) is 6.18. The Balaban J connectivity index is 1.72. The summed E-state index contributed by atoms with van der Waals surface area (Å²) in [6.45, 7) is 6.48. The molecular weight excluding hydrogens is 308 g/mol. The number of benzene rings is 1. The molecule has 0 bridgehead atoms. The number of amides is 1. The van der Waals surface area contributed by atoms with Gasteiger partial charge in [-0.2, -0.15) is 0 Å². The summed E-state index contributed by atoms with van der Waals surface area (Å²) in [7, 11) is 0. The van der Waals surface area contributed by atoms with Gasteiger partial charge in [0.25, 0.3) is 0 Å². The van der Waals surface area contributed by atoms with Crippen LogP contribution in [0.15, 0.2) is 28.8 Å². The molecule has 2 aromatic rings. The van der Waals surface area contributed by atoms with Crippen LogP contribution in [-0.2, 0) is 16.0 Å². The number of nitrogens with zero attached hydrogens (tertiary/aromatic N) is 1. The monoisotopic (exact) mass is 332 g/mol. The van der Waals surface area contributed by atoms with Crippen molar-refractivity contribution in [2.75, 3.05) is 13.2 Å². The maximum atomic E-state index is 12.5. The van der Waals surface area contributed by atoms with Crippen LogP contribution in [0.4, 0.5) is 0 Å².